The second-order valence-electron chi connectivity index (χ2n) is 5.49. The van der Waals surface area contributed by atoms with Gasteiger partial charge in [-0.2, -0.15) is 0 Å². The van der Waals surface area contributed by atoms with Crippen LogP contribution >= 0.6 is 22.9 Å². The van der Waals surface area contributed by atoms with Crippen molar-refractivity contribution in [1.82, 2.24) is 14.9 Å². The molecule has 0 aliphatic heterocycles. The summed E-state index contributed by atoms with van der Waals surface area (Å²) >= 11 is 7.68. The fraction of sp³-hybridized carbons (Fsp3) is 0.250. The van der Waals surface area contributed by atoms with Gasteiger partial charge in [0.15, 0.2) is 0 Å². The third-order valence-corrected chi connectivity index (χ3v) is 5.13. The first-order valence-corrected chi connectivity index (χ1v) is 8.37. The monoisotopic (exact) mass is 331 g/mol. The summed E-state index contributed by atoms with van der Waals surface area (Å²) in [6.07, 6.45) is 2.18. The van der Waals surface area contributed by atoms with Gasteiger partial charge in [-0.3, -0.25) is 9.36 Å². The van der Waals surface area contributed by atoms with Crippen molar-refractivity contribution in [2.24, 2.45) is 0 Å². The average molecular weight is 332 g/mol. The van der Waals surface area contributed by atoms with Gasteiger partial charge < -0.3 is 5.32 Å². The minimum Gasteiger partial charge on any atom is -0.349 e. The van der Waals surface area contributed by atoms with Crippen LogP contribution in [0.5, 0.6) is 0 Å². The van der Waals surface area contributed by atoms with Gasteiger partial charge in [0.25, 0.3) is 5.91 Å². The Bertz CT molecular complexity index is 879. The molecule has 0 spiro atoms. The summed E-state index contributed by atoms with van der Waals surface area (Å²) in [7, 11) is 0. The number of nitrogens with zero attached hydrogens (tertiary/aromatic N) is 2. The Labute approximate surface area is 136 Å². The third-order valence-electron chi connectivity index (χ3n) is 3.75. The second-order valence-corrected chi connectivity index (χ2v) is 6.96. The Hall–Kier alpha value is -1.85. The summed E-state index contributed by atoms with van der Waals surface area (Å²) in [5.41, 5.74) is 1.75. The summed E-state index contributed by atoms with van der Waals surface area (Å²) < 4.78 is 2.04. The first kappa shape index (κ1) is 13.8. The summed E-state index contributed by atoms with van der Waals surface area (Å²) in [4.78, 5) is 17.4. The van der Waals surface area contributed by atoms with Crippen molar-refractivity contribution < 1.29 is 4.79 Å². The summed E-state index contributed by atoms with van der Waals surface area (Å²) in [6, 6.07) is 9.94. The van der Waals surface area contributed by atoms with E-state index in [-0.39, 0.29) is 5.91 Å². The topological polar surface area (TPSA) is 46.9 Å². The maximum atomic E-state index is 12.1. The summed E-state index contributed by atoms with van der Waals surface area (Å²) in [6.45, 7) is 1.94. The van der Waals surface area contributed by atoms with E-state index in [0.717, 1.165) is 39.6 Å². The van der Waals surface area contributed by atoms with E-state index in [1.54, 1.807) is 0 Å². The highest BCUT2D eigenvalue weighted by atomic mass is 35.5. The number of thiophene rings is 1. The summed E-state index contributed by atoms with van der Waals surface area (Å²) in [5.74, 6) is 0.873. The van der Waals surface area contributed by atoms with Crippen LogP contribution in [0.25, 0.3) is 16.0 Å². The minimum atomic E-state index is 0.0128. The predicted octanol–water partition coefficient (Wildman–Crippen LogP) is 3.94. The number of imidazole rings is 1. The number of nitrogens with one attached hydrogen (secondary N) is 1. The van der Waals surface area contributed by atoms with E-state index in [1.165, 1.54) is 11.3 Å². The van der Waals surface area contributed by atoms with Crippen LogP contribution in [0, 0.1) is 6.92 Å². The van der Waals surface area contributed by atoms with Gasteiger partial charge in [0.05, 0.1) is 15.4 Å². The van der Waals surface area contributed by atoms with Gasteiger partial charge in [0, 0.05) is 6.04 Å². The molecule has 1 amide bonds. The fourth-order valence-corrected chi connectivity index (χ4v) is 3.70. The molecule has 0 atom stereocenters. The quantitative estimate of drug-likeness (QED) is 0.790. The molecule has 1 aliphatic carbocycles. The van der Waals surface area contributed by atoms with Crippen molar-refractivity contribution in [3.63, 3.8) is 0 Å². The molecule has 1 fully saturated rings. The first-order chi connectivity index (χ1) is 10.6. The van der Waals surface area contributed by atoms with Gasteiger partial charge in [-0.1, -0.05) is 17.7 Å². The smallest absolute Gasteiger partial charge is 0.261 e. The molecule has 3 aromatic rings. The molecule has 112 valence electrons. The number of rotatable bonds is 3. The average Bonchev–Trinajstić information content (AvgIpc) is 3.05. The lowest BCUT2D eigenvalue weighted by Crippen LogP contribution is -2.24. The van der Waals surface area contributed by atoms with E-state index < -0.39 is 0 Å². The van der Waals surface area contributed by atoms with E-state index in [9.17, 15) is 4.79 Å². The maximum Gasteiger partial charge on any atom is 0.261 e. The predicted molar refractivity (Wildman–Crippen MR) is 89.2 cm³/mol. The van der Waals surface area contributed by atoms with Gasteiger partial charge in [-0.05, 0) is 44.0 Å². The molecule has 1 saturated carbocycles. The van der Waals surface area contributed by atoms with Crippen molar-refractivity contribution in [2.45, 2.75) is 25.8 Å². The van der Waals surface area contributed by atoms with Crippen molar-refractivity contribution in [3.8, 4) is 5.00 Å². The van der Waals surface area contributed by atoms with E-state index in [2.05, 4.69) is 10.3 Å². The van der Waals surface area contributed by atoms with Crippen LogP contribution in [0.3, 0.4) is 0 Å². The van der Waals surface area contributed by atoms with E-state index >= 15 is 0 Å². The number of halogens is 1. The highest BCUT2D eigenvalue weighted by Crippen LogP contribution is 2.30. The first-order valence-electron chi connectivity index (χ1n) is 7.18. The van der Waals surface area contributed by atoms with Gasteiger partial charge in [0.2, 0.25) is 0 Å². The Kier molecular flexibility index (Phi) is 3.20. The Morgan fingerprint density at radius 1 is 1.36 bits per heavy atom. The normalized spacial score (nSPS) is 14.5. The molecule has 2 heterocycles. The molecule has 22 heavy (non-hydrogen) atoms. The number of aryl methyl sites for hydroxylation is 1. The van der Waals surface area contributed by atoms with Crippen molar-refractivity contribution in [3.05, 3.63) is 46.1 Å². The number of carbonyl (C=O) groups excluding carboxylic acids is 1. The number of carbonyl (C=O) groups is 1. The zero-order valence-corrected chi connectivity index (χ0v) is 13.5. The van der Waals surface area contributed by atoms with Gasteiger partial charge in [0.1, 0.15) is 16.3 Å². The highest BCUT2D eigenvalue weighted by Gasteiger charge is 2.24. The highest BCUT2D eigenvalue weighted by molar-refractivity contribution is 7.16. The Morgan fingerprint density at radius 2 is 2.18 bits per heavy atom. The van der Waals surface area contributed by atoms with Crippen LogP contribution in [0.1, 0.15) is 28.3 Å². The van der Waals surface area contributed by atoms with Gasteiger partial charge >= 0.3 is 0 Å². The Morgan fingerprint density at radius 3 is 2.95 bits per heavy atom. The molecule has 1 N–H and O–H groups in total. The number of fused-ring (bicyclic) bond motifs is 1. The molecule has 1 aliphatic rings. The third kappa shape index (κ3) is 2.30. The Balaban J connectivity index is 1.76. The minimum absolute atomic E-state index is 0.0128. The van der Waals surface area contributed by atoms with Crippen LogP contribution in [0.15, 0.2) is 30.3 Å². The second kappa shape index (κ2) is 5.11. The van der Waals surface area contributed by atoms with E-state index in [0.29, 0.717) is 11.1 Å². The number of hydrogen-bond acceptors (Lipinski definition) is 3. The maximum absolute atomic E-state index is 12.1. The zero-order valence-electron chi connectivity index (χ0n) is 12.0. The number of hydrogen-bond donors (Lipinski definition) is 1. The van der Waals surface area contributed by atoms with Crippen molar-refractivity contribution in [1.29, 1.82) is 0 Å². The number of amides is 1. The number of benzene rings is 1. The van der Waals surface area contributed by atoms with E-state index in [1.807, 2.05) is 41.8 Å². The lowest BCUT2D eigenvalue weighted by atomic mass is 10.3. The molecule has 4 rings (SSSR count). The van der Waals surface area contributed by atoms with Crippen LogP contribution in [0.2, 0.25) is 5.02 Å². The van der Waals surface area contributed by atoms with Crippen LogP contribution in [0.4, 0.5) is 0 Å². The lowest BCUT2D eigenvalue weighted by molar-refractivity contribution is 0.0955. The lowest BCUT2D eigenvalue weighted by Gasteiger charge is -2.03. The van der Waals surface area contributed by atoms with Crippen LogP contribution < -0.4 is 5.32 Å². The molecular formula is C16H14ClN3OS. The summed E-state index contributed by atoms with van der Waals surface area (Å²) in [5, 5.41) is 4.63. The van der Waals surface area contributed by atoms with Gasteiger partial charge in [-0.15, -0.1) is 11.3 Å². The molecule has 2 aromatic heterocycles. The van der Waals surface area contributed by atoms with Gasteiger partial charge in [-0.25, -0.2) is 4.98 Å². The number of aromatic nitrogens is 2. The fourth-order valence-electron chi connectivity index (χ4n) is 2.51. The standard InChI is InChI=1S/C16H14ClN3OS/c1-9-18-15-11(17)3-2-4-12(15)20(9)14-8-7-13(22-14)16(21)19-10-5-6-10/h2-4,7-8,10H,5-6H2,1H3,(H,19,21). The molecule has 0 bridgehead atoms. The molecule has 4 nitrogen and oxygen atoms in total. The van der Waals surface area contributed by atoms with Crippen LogP contribution in [-0.2, 0) is 0 Å². The molecular weight excluding hydrogens is 318 g/mol. The largest absolute Gasteiger partial charge is 0.349 e. The SMILES string of the molecule is Cc1nc2c(Cl)cccc2n1-c1ccc(C(=O)NC2CC2)s1. The molecule has 0 unspecified atom stereocenters. The van der Waals surface area contributed by atoms with Crippen molar-refractivity contribution in [2.75, 3.05) is 0 Å². The van der Waals surface area contributed by atoms with E-state index in [4.69, 9.17) is 11.6 Å². The zero-order chi connectivity index (χ0) is 15.3. The van der Waals surface area contributed by atoms with Crippen LogP contribution in [-0.4, -0.2) is 21.5 Å². The molecule has 1 aromatic carbocycles. The molecule has 0 saturated heterocycles. The number of para-hydroxylation sites is 1. The molecule has 0 radical (unpaired) electrons. The van der Waals surface area contributed by atoms with Crippen molar-refractivity contribution >= 4 is 39.9 Å². The molecule has 6 heteroatoms.